The first-order valence-electron chi connectivity index (χ1n) is 6.85. The molecule has 1 saturated carbocycles. The Bertz CT molecular complexity index is 259. The summed E-state index contributed by atoms with van der Waals surface area (Å²) in [6, 6.07) is 0.495. The highest BCUT2D eigenvalue weighted by molar-refractivity contribution is 5.81. The number of ether oxygens (including phenoxy) is 1. The Hall–Kier alpha value is -0.770. The summed E-state index contributed by atoms with van der Waals surface area (Å²) in [5, 5.41) is 6.72. The summed E-state index contributed by atoms with van der Waals surface area (Å²) in [7, 11) is 1.83. The Kier molecular flexibility index (Phi) is 4.66. The second kappa shape index (κ2) is 6.24. The van der Waals surface area contributed by atoms with E-state index in [-0.39, 0.29) is 0 Å². The van der Waals surface area contributed by atoms with Crippen LogP contribution in [0.25, 0.3) is 0 Å². The molecule has 0 bridgehead atoms. The van der Waals surface area contributed by atoms with Crippen LogP contribution in [0.1, 0.15) is 39.0 Å². The maximum atomic E-state index is 5.39. The standard InChI is InChI=1S/C13H25N3O/c1-10-9-15-13(16-10)14-8-7-11-3-5-12(17-2)6-4-11/h10-12H,3-9H2,1-2H3,(H2,14,15,16). The van der Waals surface area contributed by atoms with Crippen LogP contribution in [-0.2, 0) is 4.74 Å². The van der Waals surface area contributed by atoms with Gasteiger partial charge in [-0.2, -0.15) is 0 Å². The number of rotatable bonds is 4. The van der Waals surface area contributed by atoms with Crippen LogP contribution in [0, 0.1) is 5.92 Å². The first-order chi connectivity index (χ1) is 8.28. The van der Waals surface area contributed by atoms with Gasteiger partial charge in [0.25, 0.3) is 0 Å². The van der Waals surface area contributed by atoms with E-state index < -0.39 is 0 Å². The summed E-state index contributed by atoms with van der Waals surface area (Å²) >= 11 is 0. The number of nitrogens with zero attached hydrogens (tertiary/aromatic N) is 1. The van der Waals surface area contributed by atoms with Crippen molar-refractivity contribution >= 4 is 5.96 Å². The third-order valence-electron chi connectivity index (χ3n) is 3.88. The van der Waals surface area contributed by atoms with Crippen LogP contribution in [0.15, 0.2) is 4.99 Å². The molecule has 1 atom stereocenters. The smallest absolute Gasteiger partial charge is 0.191 e. The number of nitrogens with one attached hydrogen (secondary N) is 2. The molecule has 98 valence electrons. The van der Waals surface area contributed by atoms with Gasteiger partial charge >= 0.3 is 0 Å². The number of hydrogen-bond donors (Lipinski definition) is 2. The maximum absolute atomic E-state index is 5.39. The van der Waals surface area contributed by atoms with Crippen molar-refractivity contribution < 1.29 is 4.74 Å². The van der Waals surface area contributed by atoms with Gasteiger partial charge in [-0.05, 0) is 44.9 Å². The summed E-state index contributed by atoms with van der Waals surface area (Å²) in [6.45, 7) is 4.10. The van der Waals surface area contributed by atoms with E-state index in [1.807, 2.05) is 7.11 Å². The van der Waals surface area contributed by atoms with Crippen LogP contribution in [0.5, 0.6) is 0 Å². The first-order valence-corrected chi connectivity index (χ1v) is 6.85. The van der Waals surface area contributed by atoms with E-state index in [0.29, 0.717) is 12.1 Å². The quantitative estimate of drug-likeness (QED) is 0.782. The zero-order chi connectivity index (χ0) is 12.1. The average molecular weight is 239 g/mol. The van der Waals surface area contributed by atoms with E-state index in [2.05, 4.69) is 22.5 Å². The van der Waals surface area contributed by atoms with Gasteiger partial charge in [-0.15, -0.1) is 0 Å². The summed E-state index contributed by atoms with van der Waals surface area (Å²) < 4.78 is 5.39. The minimum absolute atomic E-state index is 0.495. The van der Waals surface area contributed by atoms with Gasteiger partial charge < -0.3 is 15.4 Å². The SMILES string of the molecule is COC1CCC(CCNC2=NCC(C)N2)CC1. The van der Waals surface area contributed by atoms with E-state index in [1.54, 1.807) is 0 Å². The number of hydrogen-bond acceptors (Lipinski definition) is 4. The molecule has 4 heteroatoms. The van der Waals surface area contributed by atoms with Gasteiger partial charge in [0.2, 0.25) is 0 Å². The zero-order valence-corrected chi connectivity index (χ0v) is 11.0. The minimum atomic E-state index is 0.495. The summed E-state index contributed by atoms with van der Waals surface area (Å²) in [6.07, 6.45) is 6.87. The Morgan fingerprint density at radius 3 is 2.71 bits per heavy atom. The molecule has 2 rings (SSSR count). The molecular formula is C13H25N3O. The zero-order valence-electron chi connectivity index (χ0n) is 11.0. The molecule has 2 aliphatic rings. The monoisotopic (exact) mass is 239 g/mol. The molecule has 2 N–H and O–H groups in total. The lowest BCUT2D eigenvalue weighted by atomic mass is 9.85. The Morgan fingerprint density at radius 1 is 1.35 bits per heavy atom. The summed E-state index contributed by atoms with van der Waals surface area (Å²) in [5.74, 6) is 1.86. The van der Waals surface area contributed by atoms with Gasteiger partial charge in [-0.1, -0.05) is 0 Å². The van der Waals surface area contributed by atoms with E-state index in [4.69, 9.17) is 4.74 Å². The lowest BCUT2D eigenvalue weighted by Gasteiger charge is -2.27. The third kappa shape index (κ3) is 3.87. The highest BCUT2D eigenvalue weighted by atomic mass is 16.5. The fourth-order valence-corrected chi connectivity index (χ4v) is 2.71. The van der Waals surface area contributed by atoms with Crippen molar-refractivity contribution in [1.82, 2.24) is 10.6 Å². The Labute approximate surface area is 104 Å². The van der Waals surface area contributed by atoms with Crippen molar-refractivity contribution in [2.75, 3.05) is 20.2 Å². The minimum Gasteiger partial charge on any atom is -0.381 e. The van der Waals surface area contributed by atoms with Crippen molar-refractivity contribution in [1.29, 1.82) is 0 Å². The van der Waals surface area contributed by atoms with Gasteiger partial charge in [0, 0.05) is 19.7 Å². The fourth-order valence-electron chi connectivity index (χ4n) is 2.71. The molecule has 0 aromatic carbocycles. The number of aliphatic imine (C=N–C) groups is 1. The molecule has 0 aromatic heterocycles. The van der Waals surface area contributed by atoms with Crippen molar-refractivity contribution in [3.05, 3.63) is 0 Å². The Morgan fingerprint density at radius 2 is 2.12 bits per heavy atom. The van der Waals surface area contributed by atoms with Gasteiger partial charge in [0.1, 0.15) is 0 Å². The molecule has 1 fully saturated rings. The van der Waals surface area contributed by atoms with Crippen LogP contribution in [0.2, 0.25) is 0 Å². The van der Waals surface area contributed by atoms with E-state index >= 15 is 0 Å². The predicted molar refractivity (Wildman–Crippen MR) is 70.3 cm³/mol. The maximum Gasteiger partial charge on any atom is 0.191 e. The predicted octanol–water partition coefficient (Wildman–Crippen LogP) is 1.52. The molecular weight excluding hydrogens is 214 g/mol. The van der Waals surface area contributed by atoms with E-state index in [1.165, 1.54) is 32.1 Å². The normalized spacial score (nSPS) is 33.1. The summed E-state index contributed by atoms with van der Waals surface area (Å²) in [5.41, 5.74) is 0. The molecule has 1 aliphatic heterocycles. The highest BCUT2D eigenvalue weighted by Crippen LogP contribution is 2.27. The number of methoxy groups -OCH3 is 1. The van der Waals surface area contributed by atoms with Crippen LogP contribution < -0.4 is 10.6 Å². The van der Waals surface area contributed by atoms with Crippen molar-refractivity contribution in [2.24, 2.45) is 10.9 Å². The highest BCUT2D eigenvalue weighted by Gasteiger charge is 2.20. The number of guanidine groups is 1. The molecule has 0 spiro atoms. The van der Waals surface area contributed by atoms with Crippen LogP contribution in [-0.4, -0.2) is 38.3 Å². The second-order valence-electron chi connectivity index (χ2n) is 5.33. The molecule has 1 heterocycles. The fraction of sp³-hybridized carbons (Fsp3) is 0.923. The molecule has 0 radical (unpaired) electrons. The van der Waals surface area contributed by atoms with E-state index in [0.717, 1.165) is 25.0 Å². The summed E-state index contributed by atoms with van der Waals surface area (Å²) in [4.78, 5) is 4.40. The van der Waals surface area contributed by atoms with Gasteiger partial charge in [-0.25, -0.2) is 0 Å². The van der Waals surface area contributed by atoms with Crippen molar-refractivity contribution in [3.8, 4) is 0 Å². The molecule has 1 aliphatic carbocycles. The van der Waals surface area contributed by atoms with Crippen molar-refractivity contribution in [2.45, 2.75) is 51.2 Å². The lowest BCUT2D eigenvalue weighted by Crippen LogP contribution is -2.38. The molecule has 0 saturated heterocycles. The topological polar surface area (TPSA) is 45.6 Å². The molecule has 17 heavy (non-hydrogen) atoms. The molecule has 0 aromatic rings. The molecule has 1 unspecified atom stereocenters. The second-order valence-corrected chi connectivity index (χ2v) is 5.33. The van der Waals surface area contributed by atoms with Crippen molar-refractivity contribution in [3.63, 3.8) is 0 Å². The first kappa shape index (κ1) is 12.7. The van der Waals surface area contributed by atoms with Gasteiger partial charge in [-0.3, -0.25) is 4.99 Å². The molecule has 4 nitrogen and oxygen atoms in total. The van der Waals surface area contributed by atoms with E-state index in [9.17, 15) is 0 Å². The third-order valence-corrected chi connectivity index (χ3v) is 3.88. The van der Waals surface area contributed by atoms with Crippen LogP contribution >= 0.6 is 0 Å². The largest absolute Gasteiger partial charge is 0.381 e. The lowest BCUT2D eigenvalue weighted by molar-refractivity contribution is 0.0557. The van der Waals surface area contributed by atoms with Gasteiger partial charge in [0.05, 0.1) is 12.6 Å². The van der Waals surface area contributed by atoms with Crippen LogP contribution in [0.3, 0.4) is 0 Å². The van der Waals surface area contributed by atoms with Crippen LogP contribution in [0.4, 0.5) is 0 Å². The molecule has 0 amide bonds. The average Bonchev–Trinajstić information content (AvgIpc) is 2.76. The van der Waals surface area contributed by atoms with Gasteiger partial charge in [0.15, 0.2) is 5.96 Å². The Balaban J connectivity index is 1.57.